The highest BCUT2D eigenvalue weighted by Gasteiger charge is 2.36. The smallest absolute Gasteiger partial charge is 0.269 e. The van der Waals surface area contributed by atoms with Gasteiger partial charge < -0.3 is 10.2 Å². The lowest BCUT2D eigenvalue weighted by molar-refractivity contribution is -0.384. The molecule has 1 aromatic rings. The lowest BCUT2D eigenvalue weighted by atomic mass is 10.1. The van der Waals surface area contributed by atoms with Crippen LogP contribution in [0.4, 0.5) is 11.4 Å². The maximum Gasteiger partial charge on any atom is 0.269 e. The van der Waals surface area contributed by atoms with Crippen LogP contribution in [0, 0.1) is 10.1 Å². The summed E-state index contributed by atoms with van der Waals surface area (Å²) in [6, 6.07) is 6.30. The molecule has 1 aromatic carbocycles. The number of carbonyl (C=O) groups excluding carboxylic acids is 1. The Morgan fingerprint density at radius 2 is 1.90 bits per heavy atom. The van der Waals surface area contributed by atoms with Crippen LogP contribution in [0.25, 0.3) is 0 Å². The molecule has 1 saturated heterocycles. The van der Waals surface area contributed by atoms with Crippen LogP contribution < -0.4 is 5.32 Å². The molecule has 1 amide bonds. The molecule has 0 radical (unpaired) electrons. The van der Waals surface area contributed by atoms with Crippen molar-refractivity contribution in [2.24, 2.45) is 0 Å². The van der Waals surface area contributed by atoms with E-state index in [1.165, 1.54) is 12.1 Å². The Morgan fingerprint density at radius 3 is 2.35 bits per heavy atom. The minimum Gasteiger partial charge on any atom is -0.380 e. The number of anilines is 1. The molecule has 0 spiro atoms. The lowest BCUT2D eigenvalue weighted by Crippen LogP contribution is -2.43. The number of nitro benzene ring substituents is 1. The van der Waals surface area contributed by atoms with E-state index in [1.54, 1.807) is 12.1 Å². The minimum atomic E-state index is -0.426. The monoisotopic (exact) mass is 277 g/mol. The normalized spacial score (nSPS) is 19.2. The topological polar surface area (TPSA) is 75.5 Å². The van der Waals surface area contributed by atoms with Crippen LogP contribution in [0.3, 0.4) is 0 Å². The number of nitrogens with zero attached hydrogens (tertiary/aromatic N) is 2. The van der Waals surface area contributed by atoms with Gasteiger partial charge >= 0.3 is 0 Å². The Labute approximate surface area is 117 Å². The summed E-state index contributed by atoms with van der Waals surface area (Å²) in [5.74, 6) is 0.136. The van der Waals surface area contributed by atoms with Crippen LogP contribution in [0.2, 0.25) is 0 Å². The van der Waals surface area contributed by atoms with Crippen molar-refractivity contribution in [1.82, 2.24) is 4.90 Å². The molecule has 1 N–H and O–H groups in total. The molecule has 0 bridgehead atoms. The highest BCUT2D eigenvalue weighted by Crippen LogP contribution is 2.24. The predicted octanol–water partition coefficient (Wildman–Crippen LogP) is 2.41. The largest absolute Gasteiger partial charge is 0.380 e. The van der Waals surface area contributed by atoms with Gasteiger partial charge in [0.2, 0.25) is 5.91 Å². The number of likely N-dealkylation sites (tertiary alicyclic amines) is 1. The number of amides is 1. The third-order valence-corrected chi connectivity index (χ3v) is 3.38. The fraction of sp³-hybridized carbons (Fsp3) is 0.500. The molecular weight excluding hydrogens is 258 g/mol. The first-order valence-corrected chi connectivity index (χ1v) is 6.59. The van der Waals surface area contributed by atoms with E-state index in [9.17, 15) is 14.9 Å². The maximum absolute atomic E-state index is 12.0. The first-order valence-electron chi connectivity index (χ1n) is 6.59. The second-order valence-corrected chi connectivity index (χ2v) is 6.02. The maximum atomic E-state index is 12.0. The van der Waals surface area contributed by atoms with Crippen LogP contribution in [0.5, 0.6) is 0 Å². The molecule has 108 valence electrons. The molecule has 0 saturated carbocycles. The zero-order chi connectivity index (χ0) is 14.9. The summed E-state index contributed by atoms with van der Waals surface area (Å²) in [5, 5.41) is 13.8. The molecule has 1 fully saturated rings. The molecule has 2 rings (SSSR count). The van der Waals surface area contributed by atoms with Gasteiger partial charge in [-0.25, -0.2) is 0 Å². The van der Waals surface area contributed by atoms with Crippen molar-refractivity contribution in [3.63, 3.8) is 0 Å². The molecule has 1 heterocycles. The number of non-ortho nitro benzene ring substituents is 1. The molecular formula is C14H19N3O3. The van der Waals surface area contributed by atoms with Gasteiger partial charge in [0.05, 0.1) is 11.0 Å². The van der Waals surface area contributed by atoms with Crippen LogP contribution in [-0.2, 0) is 4.79 Å². The fourth-order valence-electron chi connectivity index (χ4n) is 2.37. The number of benzene rings is 1. The standard InChI is InChI=1S/C14H19N3O3/c1-14(2,3)16-9-11(8-13(16)18)15-10-4-6-12(7-5-10)17(19)20/h4-7,11,15H,8-9H2,1-3H3. The minimum absolute atomic E-state index is 0.0446. The van der Waals surface area contributed by atoms with E-state index >= 15 is 0 Å². The first kappa shape index (κ1) is 14.3. The molecule has 1 atom stereocenters. The summed E-state index contributed by atoms with van der Waals surface area (Å²) in [5.41, 5.74) is 0.682. The number of rotatable bonds is 3. The Morgan fingerprint density at radius 1 is 1.30 bits per heavy atom. The SMILES string of the molecule is CC(C)(C)N1CC(Nc2ccc([N+](=O)[O-])cc2)CC1=O. The zero-order valence-electron chi connectivity index (χ0n) is 11.9. The van der Waals surface area contributed by atoms with Crippen molar-refractivity contribution >= 4 is 17.3 Å². The van der Waals surface area contributed by atoms with Crippen molar-refractivity contribution in [1.29, 1.82) is 0 Å². The number of hydrogen-bond acceptors (Lipinski definition) is 4. The molecule has 1 aliphatic rings. The van der Waals surface area contributed by atoms with Crippen LogP contribution >= 0.6 is 0 Å². The van der Waals surface area contributed by atoms with E-state index in [0.29, 0.717) is 13.0 Å². The molecule has 6 heteroatoms. The number of nitro groups is 1. The second-order valence-electron chi connectivity index (χ2n) is 6.02. The summed E-state index contributed by atoms with van der Waals surface area (Å²) in [7, 11) is 0. The zero-order valence-corrected chi connectivity index (χ0v) is 11.9. The number of hydrogen-bond donors (Lipinski definition) is 1. The average Bonchev–Trinajstić information content (AvgIpc) is 2.70. The summed E-state index contributed by atoms with van der Waals surface area (Å²) in [6.45, 7) is 6.69. The summed E-state index contributed by atoms with van der Waals surface area (Å²) >= 11 is 0. The van der Waals surface area contributed by atoms with Crippen molar-refractivity contribution in [3.05, 3.63) is 34.4 Å². The molecule has 0 aliphatic carbocycles. The van der Waals surface area contributed by atoms with Gasteiger partial charge in [-0.05, 0) is 32.9 Å². The molecule has 20 heavy (non-hydrogen) atoms. The van der Waals surface area contributed by atoms with Crippen molar-refractivity contribution in [2.75, 3.05) is 11.9 Å². The third kappa shape index (κ3) is 3.07. The fourth-order valence-corrected chi connectivity index (χ4v) is 2.37. The van der Waals surface area contributed by atoms with Gasteiger partial charge in [-0.2, -0.15) is 0 Å². The number of carbonyl (C=O) groups is 1. The van der Waals surface area contributed by atoms with Crippen molar-refractivity contribution in [3.8, 4) is 0 Å². The van der Waals surface area contributed by atoms with Gasteiger partial charge in [0.25, 0.3) is 5.69 Å². The van der Waals surface area contributed by atoms with Crippen LogP contribution in [0.15, 0.2) is 24.3 Å². The van der Waals surface area contributed by atoms with Gasteiger partial charge in [0, 0.05) is 36.3 Å². The molecule has 0 aromatic heterocycles. The molecule has 1 unspecified atom stereocenters. The Bertz CT molecular complexity index is 519. The lowest BCUT2D eigenvalue weighted by Gasteiger charge is -2.32. The van der Waals surface area contributed by atoms with E-state index < -0.39 is 4.92 Å². The molecule has 1 aliphatic heterocycles. The Hall–Kier alpha value is -2.11. The van der Waals surface area contributed by atoms with Crippen LogP contribution in [-0.4, -0.2) is 33.9 Å². The van der Waals surface area contributed by atoms with E-state index in [4.69, 9.17) is 0 Å². The summed E-state index contributed by atoms with van der Waals surface area (Å²) in [6.07, 6.45) is 0.453. The Kier molecular flexibility index (Phi) is 3.65. The highest BCUT2D eigenvalue weighted by atomic mass is 16.6. The van der Waals surface area contributed by atoms with E-state index in [2.05, 4.69) is 5.32 Å². The first-order chi connectivity index (χ1) is 9.27. The Balaban J connectivity index is 2.01. The van der Waals surface area contributed by atoms with Crippen molar-refractivity contribution in [2.45, 2.75) is 38.8 Å². The predicted molar refractivity (Wildman–Crippen MR) is 76.6 cm³/mol. The van der Waals surface area contributed by atoms with Gasteiger partial charge in [-0.15, -0.1) is 0 Å². The van der Waals surface area contributed by atoms with Crippen molar-refractivity contribution < 1.29 is 9.72 Å². The second kappa shape index (κ2) is 5.11. The van der Waals surface area contributed by atoms with Gasteiger partial charge in [0.1, 0.15) is 0 Å². The quantitative estimate of drug-likeness (QED) is 0.680. The van der Waals surface area contributed by atoms with E-state index in [0.717, 1.165) is 5.69 Å². The van der Waals surface area contributed by atoms with Crippen LogP contribution in [0.1, 0.15) is 27.2 Å². The third-order valence-electron chi connectivity index (χ3n) is 3.38. The van der Waals surface area contributed by atoms with Gasteiger partial charge in [0.15, 0.2) is 0 Å². The van der Waals surface area contributed by atoms with Gasteiger partial charge in [-0.3, -0.25) is 14.9 Å². The summed E-state index contributed by atoms with van der Waals surface area (Å²) in [4.78, 5) is 24.0. The van der Waals surface area contributed by atoms with Gasteiger partial charge in [-0.1, -0.05) is 0 Å². The van der Waals surface area contributed by atoms with E-state index in [-0.39, 0.29) is 23.2 Å². The average molecular weight is 277 g/mol. The highest BCUT2D eigenvalue weighted by molar-refractivity contribution is 5.80. The van der Waals surface area contributed by atoms with E-state index in [1.807, 2.05) is 25.7 Å². The summed E-state index contributed by atoms with van der Waals surface area (Å²) < 4.78 is 0. The number of nitrogens with one attached hydrogen (secondary N) is 1. The molecule has 6 nitrogen and oxygen atoms in total.